The van der Waals surface area contributed by atoms with Crippen LogP contribution in [0.3, 0.4) is 0 Å². The molecule has 0 unspecified atom stereocenters. The summed E-state index contributed by atoms with van der Waals surface area (Å²) in [4.78, 5) is 0. The van der Waals surface area contributed by atoms with Crippen LogP contribution in [0.1, 0.15) is 52.4 Å². The lowest BCUT2D eigenvalue weighted by atomic mass is 9.80. The van der Waals surface area contributed by atoms with Gasteiger partial charge in [0.05, 0.1) is 5.60 Å². The molecule has 1 aliphatic rings. The Kier molecular flexibility index (Phi) is 5.50. The molecule has 2 rings (SSSR count). The van der Waals surface area contributed by atoms with E-state index in [0.717, 1.165) is 16.6 Å². The molecule has 0 heterocycles. The largest absolute Gasteiger partial charge is 0.390 e. The first-order chi connectivity index (χ1) is 9.44. The number of hydrogen-bond donors (Lipinski definition) is 2. The van der Waals surface area contributed by atoms with Crippen LogP contribution in [0.5, 0.6) is 0 Å². The van der Waals surface area contributed by atoms with Crippen molar-refractivity contribution in [2.45, 2.75) is 64.0 Å². The van der Waals surface area contributed by atoms with Gasteiger partial charge in [-0.3, -0.25) is 0 Å². The molecule has 20 heavy (non-hydrogen) atoms. The summed E-state index contributed by atoms with van der Waals surface area (Å²) in [7, 11) is 0. The number of benzene rings is 1. The van der Waals surface area contributed by atoms with Gasteiger partial charge in [-0.2, -0.15) is 0 Å². The first-order valence-electron chi connectivity index (χ1n) is 7.68. The Morgan fingerprint density at radius 1 is 1.20 bits per heavy atom. The van der Waals surface area contributed by atoms with E-state index in [1.807, 2.05) is 13.8 Å². The molecule has 1 aliphatic carbocycles. The molecule has 3 heteroatoms. The Labute approximate surface area is 131 Å². The highest BCUT2D eigenvalue weighted by Gasteiger charge is 2.28. The third-order valence-electron chi connectivity index (χ3n) is 4.13. The first kappa shape index (κ1) is 15.8. The van der Waals surface area contributed by atoms with Crippen LogP contribution in [-0.2, 0) is 0 Å². The van der Waals surface area contributed by atoms with Crippen molar-refractivity contribution in [2.24, 2.45) is 5.92 Å². The summed E-state index contributed by atoms with van der Waals surface area (Å²) in [6.45, 7) is 3.82. The van der Waals surface area contributed by atoms with Crippen molar-refractivity contribution in [3.05, 3.63) is 28.7 Å². The SMILES string of the molecule is CC(C)(O)C[C@H](Nc1ccc(Br)cc1)C1CCCCC1. The van der Waals surface area contributed by atoms with Crippen molar-refractivity contribution in [3.63, 3.8) is 0 Å². The van der Waals surface area contributed by atoms with Crippen molar-refractivity contribution >= 4 is 21.6 Å². The highest BCUT2D eigenvalue weighted by atomic mass is 79.9. The molecule has 1 fully saturated rings. The molecule has 0 amide bonds. The van der Waals surface area contributed by atoms with Gasteiger partial charge in [0.25, 0.3) is 0 Å². The maximum absolute atomic E-state index is 10.2. The average Bonchev–Trinajstić information content (AvgIpc) is 2.40. The monoisotopic (exact) mass is 339 g/mol. The molecule has 0 spiro atoms. The van der Waals surface area contributed by atoms with Crippen molar-refractivity contribution in [3.8, 4) is 0 Å². The van der Waals surface area contributed by atoms with Gasteiger partial charge in [0.15, 0.2) is 0 Å². The van der Waals surface area contributed by atoms with Crippen LogP contribution < -0.4 is 5.32 Å². The average molecular weight is 340 g/mol. The summed E-state index contributed by atoms with van der Waals surface area (Å²) in [6.07, 6.45) is 7.39. The van der Waals surface area contributed by atoms with Gasteiger partial charge in [-0.15, -0.1) is 0 Å². The lowest BCUT2D eigenvalue weighted by Crippen LogP contribution is -2.37. The summed E-state index contributed by atoms with van der Waals surface area (Å²) in [6, 6.07) is 8.68. The molecule has 112 valence electrons. The Morgan fingerprint density at radius 3 is 2.35 bits per heavy atom. The van der Waals surface area contributed by atoms with Gasteiger partial charge in [0.2, 0.25) is 0 Å². The third-order valence-corrected chi connectivity index (χ3v) is 4.66. The Balaban J connectivity index is 2.06. The Hall–Kier alpha value is -0.540. The second-order valence-corrected chi connectivity index (χ2v) is 7.59. The van der Waals surface area contributed by atoms with Gasteiger partial charge < -0.3 is 10.4 Å². The van der Waals surface area contributed by atoms with Crippen molar-refractivity contribution < 1.29 is 5.11 Å². The van der Waals surface area contributed by atoms with E-state index in [1.165, 1.54) is 32.1 Å². The highest BCUT2D eigenvalue weighted by Crippen LogP contribution is 2.32. The van der Waals surface area contributed by atoms with Gasteiger partial charge in [-0.25, -0.2) is 0 Å². The topological polar surface area (TPSA) is 32.3 Å². The molecule has 0 radical (unpaired) electrons. The van der Waals surface area contributed by atoms with E-state index in [2.05, 4.69) is 45.5 Å². The molecule has 2 N–H and O–H groups in total. The lowest BCUT2D eigenvalue weighted by Gasteiger charge is -2.35. The summed E-state index contributed by atoms with van der Waals surface area (Å²) in [5, 5.41) is 13.8. The van der Waals surface area contributed by atoms with Crippen molar-refractivity contribution in [1.29, 1.82) is 0 Å². The van der Waals surface area contributed by atoms with Gasteiger partial charge in [-0.1, -0.05) is 35.2 Å². The first-order valence-corrected chi connectivity index (χ1v) is 8.48. The molecule has 0 aromatic heterocycles. The van der Waals surface area contributed by atoms with E-state index >= 15 is 0 Å². The summed E-state index contributed by atoms with van der Waals surface area (Å²) in [5.74, 6) is 0.679. The predicted molar refractivity (Wildman–Crippen MR) is 89.0 cm³/mol. The maximum Gasteiger partial charge on any atom is 0.0611 e. The normalized spacial score (nSPS) is 18.8. The van der Waals surface area contributed by atoms with Gasteiger partial charge in [0.1, 0.15) is 0 Å². The van der Waals surface area contributed by atoms with Crippen LogP contribution >= 0.6 is 15.9 Å². The molecule has 0 saturated heterocycles. The number of hydrogen-bond acceptors (Lipinski definition) is 2. The second kappa shape index (κ2) is 6.95. The van der Waals surface area contributed by atoms with E-state index in [9.17, 15) is 5.11 Å². The molecule has 0 aliphatic heterocycles. The van der Waals surface area contributed by atoms with Crippen LogP contribution in [0, 0.1) is 5.92 Å². The number of nitrogens with one attached hydrogen (secondary N) is 1. The van der Waals surface area contributed by atoms with E-state index in [1.54, 1.807) is 0 Å². The fourth-order valence-electron chi connectivity index (χ4n) is 3.17. The zero-order valence-electron chi connectivity index (χ0n) is 12.5. The predicted octanol–water partition coefficient (Wildman–Crippen LogP) is 4.97. The van der Waals surface area contributed by atoms with Gasteiger partial charge >= 0.3 is 0 Å². The fraction of sp³-hybridized carbons (Fsp3) is 0.647. The molecular formula is C17H26BrNO. The lowest BCUT2D eigenvalue weighted by molar-refractivity contribution is 0.0564. The summed E-state index contributed by atoms with van der Waals surface area (Å²) >= 11 is 3.47. The standard InChI is InChI=1S/C17H26BrNO/c1-17(2,20)12-16(13-6-4-3-5-7-13)19-15-10-8-14(18)9-11-15/h8-11,13,16,19-20H,3-7,12H2,1-2H3/t16-/m0/s1. The quantitative estimate of drug-likeness (QED) is 0.793. The van der Waals surface area contributed by atoms with Crippen LogP contribution in [0.25, 0.3) is 0 Å². The van der Waals surface area contributed by atoms with Crippen LogP contribution in [-0.4, -0.2) is 16.7 Å². The highest BCUT2D eigenvalue weighted by molar-refractivity contribution is 9.10. The molecule has 2 nitrogen and oxygen atoms in total. The number of anilines is 1. The fourth-order valence-corrected chi connectivity index (χ4v) is 3.43. The van der Waals surface area contributed by atoms with Crippen molar-refractivity contribution in [1.82, 2.24) is 0 Å². The van der Waals surface area contributed by atoms with Crippen LogP contribution in [0.4, 0.5) is 5.69 Å². The second-order valence-electron chi connectivity index (χ2n) is 6.67. The van der Waals surface area contributed by atoms with Crippen LogP contribution in [0.2, 0.25) is 0 Å². The molecule has 1 saturated carbocycles. The zero-order chi connectivity index (χ0) is 14.6. The Bertz CT molecular complexity index is 404. The molecular weight excluding hydrogens is 314 g/mol. The van der Waals surface area contributed by atoms with Crippen molar-refractivity contribution in [2.75, 3.05) is 5.32 Å². The zero-order valence-corrected chi connectivity index (χ0v) is 14.1. The minimum atomic E-state index is -0.621. The van der Waals surface area contributed by atoms with E-state index in [4.69, 9.17) is 0 Å². The third kappa shape index (κ3) is 5.10. The smallest absolute Gasteiger partial charge is 0.0611 e. The van der Waals surface area contributed by atoms with E-state index in [0.29, 0.717) is 12.0 Å². The van der Waals surface area contributed by atoms with Gasteiger partial charge in [-0.05, 0) is 63.3 Å². The van der Waals surface area contributed by atoms with Crippen LogP contribution in [0.15, 0.2) is 28.7 Å². The number of halogens is 1. The van der Waals surface area contributed by atoms with E-state index < -0.39 is 5.60 Å². The molecule has 0 bridgehead atoms. The Morgan fingerprint density at radius 2 is 1.80 bits per heavy atom. The minimum Gasteiger partial charge on any atom is -0.390 e. The van der Waals surface area contributed by atoms with E-state index in [-0.39, 0.29) is 0 Å². The minimum absolute atomic E-state index is 0.358. The summed E-state index contributed by atoms with van der Waals surface area (Å²) < 4.78 is 1.10. The molecule has 1 aromatic carbocycles. The molecule has 1 atom stereocenters. The maximum atomic E-state index is 10.2. The number of rotatable bonds is 5. The van der Waals surface area contributed by atoms with Gasteiger partial charge in [0, 0.05) is 16.2 Å². The summed E-state index contributed by atoms with van der Waals surface area (Å²) in [5.41, 5.74) is 0.526. The number of aliphatic hydroxyl groups is 1. The molecule has 1 aromatic rings.